The monoisotopic (exact) mass is 281 g/mol. The Balaban J connectivity index is 2.40. The third-order valence-corrected chi connectivity index (χ3v) is 4.27. The molecule has 0 aliphatic carbocycles. The van der Waals surface area contributed by atoms with Gasteiger partial charge in [-0.05, 0) is 48.6 Å². The Morgan fingerprint density at radius 3 is 2.75 bits per heavy atom. The summed E-state index contributed by atoms with van der Waals surface area (Å²) in [5.74, 6) is 0. The van der Waals surface area contributed by atoms with E-state index in [0.717, 1.165) is 43.8 Å². The average molecular weight is 282 g/mol. The SMILES string of the molecule is Cc1c2cc[nH]c(Cl)c2c(C)c2c1nc1ncccc12. The van der Waals surface area contributed by atoms with Crippen molar-refractivity contribution < 1.29 is 0 Å². The van der Waals surface area contributed by atoms with Crippen molar-refractivity contribution in [2.75, 3.05) is 0 Å². The fourth-order valence-electron chi connectivity index (χ4n) is 3.03. The Labute approximate surface area is 120 Å². The van der Waals surface area contributed by atoms with Gasteiger partial charge < -0.3 is 4.98 Å². The maximum Gasteiger partial charge on any atom is 0.160 e. The van der Waals surface area contributed by atoms with Gasteiger partial charge in [0.2, 0.25) is 0 Å². The molecule has 0 aliphatic heterocycles. The number of fused-ring (bicyclic) bond motifs is 4. The topological polar surface area (TPSA) is 41.6 Å². The first-order chi connectivity index (χ1) is 9.68. The number of nitrogens with zero attached hydrogens (tertiary/aromatic N) is 2. The van der Waals surface area contributed by atoms with Gasteiger partial charge in [-0.15, -0.1) is 0 Å². The first-order valence-corrected chi connectivity index (χ1v) is 6.86. The summed E-state index contributed by atoms with van der Waals surface area (Å²) >= 11 is 6.36. The van der Waals surface area contributed by atoms with E-state index < -0.39 is 0 Å². The van der Waals surface area contributed by atoms with Crippen LogP contribution in [0.3, 0.4) is 0 Å². The second-order valence-corrected chi connectivity index (χ2v) is 5.42. The number of halogens is 1. The fraction of sp³-hybridized carbons (Fsp3) is 0.125. The Morgan fingerprint density at radius 1 is 1.05 bits per heavy atom. The summed E-state index contributed by atoms with van der Waals surface area (Å²) in [6.07, 6.45) is 3.64. The predicted octanol–water partition coefficient (Wildman–Crippen LogP) is 4.53. The molecule has 0 atom stereocenters. The number of hydrogen-bond acceptors (Lipinski definition) is 2. The third kappa shape index (κ3) is 1.36. The summed E-state index contributed by atoms with van der Waals surface area (Å²) in [5.41, 5.74) is 4.11. The maximum atomic E-state index is 6.36. The van der Waals surface area contributed by atoms with E-state index in [1.165, 1.54) is 0 Å². The zero-order chi connectivity index (χ0) is 13.9. The minimum absolute atomic E-state index is 0.670. The van der Waals surface area contributed by atoms with Gasteiger partial charge in [0, 0.05) is 28.6 Å². The second-order valence-electron chi connectivity index (χ2n) is 5.04. The molecule has 98 valence electrons. The summed E-state index contributed by atoms with van der Waals surface area (Å²) < 4.78 is 0. The minimum atomic E-state index is 0.670. The first kappa shape index (κ1) is 11.7. The number of benzene rings is 1. The van der Waals surface area contributed by atoms with E-state index in [2.05, 4.69) is 35.9 Å². The van der Waals surface area contributed by atoms with E-state index in [1.54, 1.807) is 6.20 Å². The Morgan fingerprint density at radius 2 is 1.90 bits per heavy atom. The molecular weight excluding hydrogens is 270 g/mol. The molecule has 3 aromatic heterocycles. The summed E-state index contributed by atoms with van der Waals surface area (Å²) in [6.45, 7) is 4.18. The lowest BCUT2D eigenvalue weighted by Gasteiger charge is -2.10. The number of aromatic nitrogens is 3. The van der Waals surface area contributed by atoms with Crippen LogP contribution in [-0.2, 0) is 0 Å². The number of hydrogen-bond donors (Lipinski definition) is 1. The number of pyridine rings is 2. The standard InChI is InChI=1S/C16H12ClN3/c1-8-10-5-7-18-15(17)13(10)9(2)12-11-4-3-6-19-16(11)20-14(8)12/h3-7,18H,1-2H3. The quantitative estimate of drug-likeness (QED) is 0.481. The maximum absolute atomic E-state index is 6.36. The molecular formula is C16H12ClN3. The van der Waals surface area contributed by atoms with Gasteiger partial charge in [-0.2, -0.15) is 0 Å². The van der Waals surface area contributed by atoms with Crippen molar-refractivity contribution >= 4 is 44.3 Å². The van der Waals surface area contributed by atoms with Gasteiger partial charge in [-0.1, -0.05) is 11.6 Å². The van der Waals surface area contributed by atoms with Gasteiger partial charge in [0.05, 0.1) is 5.52 Å². The van der Waals surface area contributed by atoms with Crippen LogP contribution in [0.4, 0.5) is 0 Å². The van der Waals surface area contributed by atoms with Crippen LogP contribution in [0.15, 0.2) is 30.6 Å². The highest BCUT2D eigenvalue weighted by atomic mass is 35.5. The Kier molecular flexibility index (Phi) is 2.30. The van der Waals surface area contributed by atoms with Crippen molar-refractivity contribution in [3.8, 4) is 0 Å². The van der Waals surface area contributed by atoms with E-state index in [-0.39, 0.29) is 0 Å². The average Bonchev–Trinajstić information content (AvgIpc) is 2.84. The van der Waals surface area contributed by atoms with Crippen molar-refractivity contribution in [3.63, 3.8) is 0 Å². The van der Waals surface area contributed by atoms with E-state index in [4.69, 9.17) is 16.6 Å². The largest absolute Gasteiger partial charge is 0.352 e. The molecule has 4 aromatic rings. The lowest BCUT2D eigenvalue weighted by Crippen LogP contribution is -1.89. The number of aromatic amines is 1. The molecule has 0 unspecified atom stereocenters. The van der Waals surface area contributed by atoms with E-state index in [1.807, 2.05) is 12.3 Å². The normalized spacial score (nSPS) is 11.8. The lowest BCUT2D eigenvalue weighted by atomic mass is 9.97. The molecule has 0 aliphatic rings. The van der Waals surface area contributed by atoms with Crippen LogP contribution in [-0.4, -0.2) is 15.0 Å². The summed E-state index contributed by atoms with van der Waals surface area (Å²) in [7, 11) is 0. The zero-order valence-electron chi connectivity index (χ0n) is 11.2. The molecule has 1 aromatic carbocycles. The summed E-state index contributed by atoms with van der Waals surface area (Å²) in [6, 6.07) is 6.06. The summed E-state index contributed by atoms with van der Waals surface area (Å²) in [5, 5.41) is 5.12. The van der Waals surface area contributed by atoms with Crippen LogP contribution in [0.1, 0.15) is 11.1 Å². The number of nitrogens with one attached hydrogen (secondary N) is 1. The van der Waals surface area contributed by atoms with Gasteiger partial charge in [-0.25, -0.2) is 9.97 Å². The van der Waals surface area contributed by atoms with Crippen LogP contribution < -0.4 is 0 Å². The second kappa shape index (κ2) is 3.93. The molecule has 0 saturated heterocycles. The molecule has 0 spiro atoms. The molecule has 0 bridgehead atoms. The highest BCUT2D eigenvalue weighted by molar-refractivity contribution is 6.35. The molecule has 1 N–H and O–H groups in total. The fourth-order valence-corrected chi connectivity index (χ4v) is 3.33. The third-order valence-electron chi connectivity index (χ3n) is 3.97. The van der Waals surface area contributed by atoms with Crippen LogP contribution in [0.5, 0.6) is 0 Å². The Hall–Kier alpha value is -2.13. The molecule has 3 nitrogen and oxygen atoms in total. The molecule has 4 rings (SSSR count). The van der Waals surface area contributed by atoms with E-state index in [9.17, 15) is 0 Å². The smallest absolute Gasteiger partial charge is 0.160 e. The van der Waals surface area contributed by atoms with Crippen LogP contribution in [0, 0.1) is 13.8 Å². The van der Waals surface area contributed by atoms with Crippen molar-refractivity contribution in [2.45, 2.75) is 13.8 Å². The number of aryl methyl sites for hydroxylation is 2. The molecule has 0 radical (unpaired) electrons. The lowest BCUT2D eigenvalue weighted by molar-refractivity contribution is 1.33. The van der Waals surface area contributed by atoms with Gasteiger partial charge in [0.1, 0.15) is 5.15 Å². The highest BCUT2D eigenvalue weighted by Gasteiger charge is 2.16. The van der Waals surface area contributed by atoms with Gasteiger partial charge in [0.25, 0.3) is 0 Å². The van der Waals surface area contributed by atoms with Gasteiger partial charge in [-0.3, -0.25) is 0 Å². The minimum Gasteiger partial charge on any atom is -0.352 e. The predicted molar refractivity (Wildman–Crippen MR) is 83.4 cm³/mol. The number of rotatable bonds is 0. The highest BCUT2D eigenvalue weighted by Crippen LogP contribution is 2.37. The van der Waals surface area contributed by atoms with Crippen LogP contribution in [0.25, 0.3) is 32.7 Å². The molecule has 4 heteroatoms. The van der Waals surface area contributed by atoms with Crippen LogP contribution >= 0.6 is 11.6 Å². The van der Waals surface area contributed by atoms with Crippen molar-refractivity contribution in [3.05, 3.63) is 46.9 Å². The van der Waals surface area contributed by atoms with Gasteiger partial charge in [0.15, 0.2) is 5.65 Å². The van der Waals surface area contributed by atoms with Crippen molar-refractivity contribution in [2.24, 2.45) is 0 Å². The first-order valence-electron chi connectivity index (χ1n) is 6.48. The van der Waals surface area contributed by atoms with Crippen LogP contribution in [0.2, 0.25) is 5.15 Å². The zero-order valence-corrected chi connectivity index (χ0v) is 11.9. The summed E-state index contributed by atoms with van der Waals surface area (Å²) in [4.78, 5) is 12.1. The van der Waals surface area contributed by atoms with Crippen molar-refractivity contribution in [1.82, 2.24) is 15.0 Å². The molecule has 0 fully saturated rings. The van der Waals surface area contributed by atoms with Crippen molar-refractivity contribution in [1.29, 1.82) is 0 Å². The number of H-pyrrole nitrogens is 1. The Bertz CT molecular complexity index is 985. The molecule has 20 heavy (non-hydrogen) atoms. The molecule has 0 amide bonds. The molecule has 0 saturated carbocycles. The van der Waals surface area contributed by atoms with E-state index in [0.29, 0.717) is 5.15 Å². The molecule has 3 heterocycles. The van der Waals surface area contributed by atoms with E-state index >= 15 is 0 Å². The van der Waals surface area contributed by atoms with Gasteiger partial charge >= 0.3 is 0 Å².